The molecule has 0 unspecified atom stereocenters. The number of rotatable bonds is 7. The number of nitrogens with zero attached hydrogens (tertiary/aromatic N) is 2. The Labute approximate surface area is 144 Å². The molecule has 0 aromatic heterocycles. The highest BCUT2D eigenvalue weighted by Gasteiger charge is 2.16. The lowest BCUT2D eigenvalue weighted by atomic mass is 10.2. The van der Waals surface area contributed by atoms with Gasteiger partial charge in [0, 0.05) is 38.4 Å². The molecule has 4 nitrogen and oxygen atoms in total. The molecule has 24 heavy (non-hydrogen) atoms. The Balaban J connectivity index is 1.33. The highest BCUT2D eigenvalue weighted by molar-refractivity contribution is 5.46. The van der Waals surface area contributed by atoms with Crippen LogP contribution in [0.5, 0.6) is 5.75 Å². The third-order valence-electron chi connectivity index (χ3n) is 4.49. The Morgan fingerprint density at radius 1 is 0.875 bits per heavy atom. The Kier molecular flexibility index (Phi) is 6.10. The van der Waals surface area contributed by atoms with Crippen LogP contribution in [0.4, 0.5) is 5.69 Å². The summed E-state index contributed by atoms with van der Waals surface area (Å²) < 4.78 is 5.77. The van der Waals surface area contributed by atoms with Crippen LogP contribution in [-0.2, 0) is 6.61 Å². The zero-order valence-corrected chi connectivity index (χ0v) is 14.1. The van der Waals surface area contributed by atoms with Crippen molar-refractivity contribution in [3.8, 4) is 5.75 Å². The molecule has 3 rings (SSSR count). The zero-order valence-electron chi connectivity index (χ0n) is 14.1. The Morgan fingerprint density at radius 2 is 1.58 bits per heavy atom. The monoisotopic (exact) mass is 326 g/mol. The van der Waals surface area contributed by atoms with E-state index >= 15 is 0 Å². The molecule has 1 fully saturated rings. The van der Waals surface area contributed by atoms with E-state index in [4.69, 9.17) is 9.84 Å². The second-order valence-electron chi connectivity index (χ2n) is 6.17. The minimum atomic E-state index is 0.0786. The summed E-state index contributed by atoms with van der Waals surface area (Å²) >= 11 is 0. The molecule has 0 radical (unpaired) electrons. The van der Waals surface area contributed by atoms with Crippen molar-refractivity contribution in [1.82, 2.24) is 4.90 Å². The zero-order chi connectivity index (χ0) is 16.6. The molecule has 1 aliphatic heterocycles. The maximum atomic E-state index is 9.03. The molecule has 0 saturated carbocycles. The van der Waals surface area contributed by atoms with Crippen molar-refractivity contribution in [2.24, 2.45) is 0 Å². The lowest BCUT2D eigenvalue weighted by Crippen LogP contribution is -2.46. The molecule has 0 atom stereocenters. The van der Waals surface area contributed by atoms with Crippen LogP contribution >= 0.6 is 0 Å². The highest BCUT2D eigenvalue weighted by Crippen LogP contribution is 2.16. The van der Waals surface area contributed by atoms with Gasteiger partial charge in [0.15, 0.2) is 0 Å². The van der Waals surface area contributed by atoms with Crippen molar-refractivity contribution < 1.29 is 9.84 Å². The lowest BCUT2D eigenvalue weighted by molar-refractivity contribution is 0.224. The SMILES string of the molecule is OCc1ccc(OCCCN2CCN(c3ccccc3)CC2)cc1. The summed E-state index contributed by atoms with van der Waals surface area (Å²) in [6, 6.07) is 18.3. The molecule has 1 heterocycles. The maximum absolute atomic E-state index is 9.03. The fourth-order valence-electron chi connectivity index (χ4n) is 3.04. The summed E-state index contributed by atoms with van der Waals surface area (Å²) in [6.45, 7) is 6.30. The fourth-order valence-corrected chi connectivity index (χ4v) is 3.04. The van der Waals surface area contributed by atoms with Crippen LogP contribution in [0, 0.1) is 0 Å². The molecular weight excluding hydrogens is 300 g/mol. The van der Waals surface area contributed by atoms with E-state index < -0.39 is 0 Å². The van der Waals surface area contributed by atoms with Gasteiger partial charge in [-0.15, -0.1) is 0 Å². The maximum Gasteiger partial charge on any atom is 0.119 e. The fraction of sp³-hybridized carbons (Fsp3) is 0.400. The predicted octanol–water partition coefficient (Wildman–Crippen LogP) is 2.77. The standard InChI is InChI=1S/C20H26N2O2/c23-17-18-7-9-20(10-8-18)24-16-4-11-21-12-14-22(15-13-21)19-5-2-1-3-6-19/h1-3,5-10,23H,4,11-17H2. The summed E-state index contributed by atoms with van der Waals surface area (Å²) in [7, 11) is 0. The van der Waals surface area contributed by atoms with Gasteiger partial charge in [-0.2, -0.15) is 0 Å². The molecule has 4 heteroatoms. The predicted molar refractivity (Wildman–Crippen MR) is 97.6 cm³/mol. The number of piperazine rings is 1. The Morgan fingerprint density at radius 3 is 2.25 bits per heavy atom. The average molecular weight is 326 g/mol. The van der Waals surface area contributed by atoms with Crippen LogP contribution in [0.3, 0.4) is 0 Å². The first-order valence-corrected chi connectivity index (χ1v) is 8.70. The van der Waals surface area contributed by atoms with Crippen LogP contribution in [0.2, 0.25) is 0 Å². The van der Waals surface area contributed by atoms with Gasteiger partial charge in [0.1, 0.15) is 5.75 Å². The number of aliphatic hydroxyl groups is 1. The Hall–Kier alpha value is -2.04. The van der Waals surface area contributed by atoms with E-state index in [1.807, 2.05) is 24.3 Å². The number of ether oxygens (including phenoxy) is 1. The van der Waals surface area contributed by atoms with E-state index in [1.165, 1.54) is 5.69 Å². The number of hydrogen-bond acceptors (Lipinski definition) is 4. The molecule has 2 aromatic carbocycles. The average Bonchev–Trinajstić information content (AvgIpc) is 2.67. The van der Waals surface area contributed by atoms with Crippen molar-refractivity contribution >= 4 is 5.69 Å². The van der Waals surface area contributed by atoms with Gasteiger partial charge in [0.25, 0.3) is 0 Å². The van der Waals surface area contributed by atoms with E-state index in [0.29, 0.717) is 0 Å². The molecule has 2 aromatic rings. The summed E-state index contributed by atoms with van der Waals surface area (Å²) in [5.41, 5.74) is 2.24. The molecular formula is C20H26N2O2. The molecule has 128 valence electrons. The van der Waals surface area contributed by atoms with Gasteiger partial charge in [-0.25, -0.2) is 0 Å². The van der Waals surface area contributed by atoms with Gasteiger partial charge in [-0.3, -0.25) is 4.90 Å². The summed E-state index contributed by atoms with van der Waals surface area (Å²) in [4.78, 5) is 4.97. The Bertz CT molecular complexity index is 593. The topological polar surface area (TPSA) is 35.9 Å². The van der Waals surface area contributed by atoms with Gasteiger partial charge < -0.3 is 14.7 Å². The number of hydrogen-bond donors (Lipinski definition) is 1. The smallest absolute Gasteiger partial charge is 0.119 e. The summed E-state index contributed by atoms with van der Waals surface area (Å²) in [5.74, 6) is 0.876. The van der Waals surface area contributed by atoms with Crippen LogP contribution in [0.25, 0.3) is 0 Å². The van der Waals surface area contributed by atoms with E-state index in [0.717, 1.165) is 57.1 Å². The van der Waals surface area contributed by atoms with Gasteiger partial charge in [-0.05, 0) is 36.2 Å². The van der Waals surface area contributed by atoms with Crippen LogP contribution in [0.1, 0.15) is 12.0 Å². The second-order valence-corrected chi connectivity index (χ2v) is 6.17. The first-order valence-electron chi connectivity index (χ1n) is 8.70. The summed E-state index contributed by atoms with van der Waals surface area (Å²) in [5, 5.41) is 9.03. The van der Waals surface area contributed by atoms with Crippen LogP contribution in [0.15, 0.2) is 54.6 Å². The summed E-state index contributed by atoms with van der Waals surface area (Å²) in [6.07, 6.45) is 1.03. The molecule has 1 aliphatic rings. The largest absolute Gasteiger partial charge is 0.494 e. The molecule has 1 N–H and O–H groups in total. The van der Waals surface area contributed by atoms with Gasteiger partial charge in [0.05, 0.1) is 13.2 Å². The van der Waals surface area contributed by atoms with Gasteiger partial charge in [-0.1, -0.05) is 30.3 Å². The lowest BCUT2D eigenvalue weighted by Gasteiger charge is -2.36. The quantitative estimate of drug-likeness (QED) is 0.794. The number of para-hydroxylation sites is 1. The minimum absolute atomic E-state index is 0.0786. The first-order chi connectivity index (χ1) is 11.8. The van der Waals surface area contributed by atoms with Gasteiger partial charge >= 0.3 is 0 Å². The van der Waals surface area contributed by atoms with Crippen molar-refractivity contribution in [3.05, 3.63) is 60.2 Å². The van der Waals surface area contributed by atoms with Crippen molar-refractivity contribution in [3.63, 3.8) is 0 Å². The molecule has 0 amide bonds. The number of aliphatic hydroxyl groups excluding tert-OH is 1. The molecule has 1 saturated heterocycles. The molecule has 0 spiro atoms. The van der Waals surface area contributed by atoms with E-state index in [9.17, 15) is 0 Å². The molecule has 0 aliphatic carbocycles. The molecule has 0 bridgehead atoms. The third kappa shape index (κ3) is 4.73. The highest BCUT2D eigenvalue weighted by atomic mass is 16.5. The van der Waals surface area contributed by atoms with Gasteiger partial charge in [0.2, 0.25) is 0 Å². The van der Waals surface area contributed by atoms with Crippen LogP contribution < -0.4 is 9.64 Å². The van der Waals surface area contributed by atoms with Crippen molar-refractivity contribution in [2.45, 2.75) is 13.0 Å². The van der Waals surface area contributed by atoms with E-state index in [2.05, 4.69) is 40.1 Å². The van der Waals surface area contributed by atoms with Crippen molar-refractivity contribution in [1.29, 1.82) is 0 Å². The number of anilines is 1. The van der Waals surface area contributed by atoms with E-state index in [-0.39, 0.29) is 6.61 Å². The minimum Gasteiger partial charge on any atom is -0.494 e. The second kappa shape index (κ2) is 8.71. The van der Waals surface area contributed by atoms with Crippen molar-refractivity contribution in [2.75, 3.05) is 44.2 Å². The normalized spacial score (nSPS) is 15.5. The first kappa shape index (κ1) is 16.8. The van der Waals surface area contributed by atoms with E-state index in [1.54, 1.807) is 0 Å². The van der Waals surface area contributed by atoms with Crippen LogP contribution in [-0.4, -0.2) is 49.3 Å². The number of benzene rings is 2. The third-order valence-corrected chi connectivity index (χ3v) is 4.49.